The van der Waals surface area contributed by atoms with Crippen LogP contribution in [0.3, 0.4) is 0 Å². The molecule has 1 aliphatic heterocycles. The second kappa shape index (κ2) is 4.75. The Bertz CT molecular complexity index is 685. The summed E-state index contributed by atoms with van der Waals surface area (Å²) in [6.45, 7) is 0.671. The maximum absolute atomic E-state index is 12.1. The van der Waals surface area contributed by atoms with E-state index in [1.165, 1.54) is 11.3 Å². The van der Waals surface area contributed by atoms with E-state index in [0.29, 0.717) is 22.7 Å². The van der Waals surface area contributed by atoms with Crippen molar-refractivity contribution >= 4 is 22.2 Å². The standard InChI is InChI=1S/C14H10N2O2S/c15-8-11-4-6-19-14(11)16-13(17)10-1-2-12-9(7-10)3-5-18-12/h1-2,4,6-7H,3,5H2,(H,16,17). The lowest BCUT2D eigenvalue weighted by Crippen LogP contribution is -2.11. The van der Waals surface area contributed by atoms with E-state index in [2.05, 4.69) is 5.32 Å². The number of ether oxygens (including phenoxy) is 1. The molecule has 4 nitrogen and oxygen atoms in total. The first kappa shape index (κ1) is 11.8. The van der Waals surface area contributed by atoms with E-state index in [9.17, 15) is 4.79 Å². The van der Waals surface area contributed by atoms with E-state index < -0.39 is 0 Å². The number of rotatable bonds is 2. The van der Waals surface area contributed by atoms with Gasteiger partial charge in [-0.2, -0.15) is 5.26 Å². The first-order chi connectivity index (χ1) is 9.28. The van der Waals surface area contributed by atoms with Gasteiger partial charge in [0.2, 0.25) is 0 Å². The van der Waals surface area contributed by atoms with Crippen LogP contribution in [0.15, 0.2) is 29.6 Å². The van der Waals surface area contributed by atoms with Crippen molar-refractivity contribution in [3.8, 4) is 11.8 Å². The monoisotopic (exact) mass is 270 g/mol. The van der Waals surface area contributed by atoms with Crippen molar-refractivity contribution in [2.45, 2.75) is 6.42 Å². The van der Waals surface area contributed by atoms with E-state index in [1.807, 2.05) is 18.2 Å². The third-order valence-electron chi connectivity index (χ3n) is 2.96. The van der Waals surface area contributed by atoms with Gasteiger partial charge in [-0.05, 0) is 35.2 Å². The minimum absolute atomic E-state index is 0.200. The average molecular weight is 270 g/mol. The fraction of sp³-hybridized carbons (Fsp3) is 0.143. The molecule has 2 aromatic rings. The number of hydrogen-bond donors (Lipinski definition) is 1. The number of fused-ring (bicyclic) bond motifs is 1. The van der Waals surface area contributed by atoms with Crippen LogP contribution in [0.5, 0.6) is 5.75 Å². The molecule has 19 heavy (non-hydrogen) atoms. The van der Waals surface area contributed by atoms with Crippen LogP contribution in [0, 0.1) is 11.3 Å². The lowest BCUT2D eigenvalue weighted by Gasteiger charge is -2.05. The highest BCUT2D eigenvalue weighted by Crippen LogP contribution is 2.27. The van der Waals surface area contributed by atoms with Crippen LogP contribution in [-0.2, 0) is 6.42 Å². The Morgan fingerprint density at radius 1 is 1.42 bits per heavy atom. The maximum Gasteiger partial charge on any atom is 0.256 e. The van der Waals surface area contributed by atoms with Gasteiger partial charge < -0.3 is 10.1 Å². The van der Waals surface area contributed by atoms with Crippen molar-refractivity contribution in [1.82, 2.24) is 0 Å². The number of carbonyl (C=O) groups excluding carboxylic acids is 1. The van der Waals surface area contributed by atoms with Gasteiger partial charge in [0.05, 0.1) is 12.2 Å². The predicted molar refractivity (Wildman–Crippen MR) is 72.6 cm³/mol. The molecule has 0 atom stereocenters. The number of amides is 1. The topological polar surface area (TPSA) is 62.1 Å². The molecule has 1 aromatic heterocycles. The van der Waals surface area contributed by atoms with Gasteiger partial charge in [-0.3, -0.25) is 4.79 Å². The Morgan fingerprint density at radius 2 is 2.32 bits per heavy atom. The summed E-state index contributed by atoms with van der Waals surface area (Å²) in [4.78, 5) is 12.1. The highest BCUT2D eigenvalue weighted by molar-refractivity contribution is 7.14. The largest absolute Gasteiger partial charge is 0.493 e. The first-order valence-corrected chi connectivity index (χ1v) is 6.70. The molecule has 1 aliphatic rings. The predicted octanol–water partition coefficient (Wildman–Crippen LogP) is 2.81. The van der Waals surface area contributed by atoms with Gasteiger partial charge in [0.15, 0.2) is 0 Å². The van der Waals surface area contributed by atoms with Crippen molar-refractivity contribution in [3.05, 3.63) is 46.3 Å². The van der Waals surface area contributed by atoms with E-state index in [1.54, 1.807) is 17.5 Å². The lowest BCUT2D eigenvalue weighted by atomic mass is 10.1. The van der Waals surface area contributed by atoms with E-state index in [4.69, 9.17) is 10.00 Å². The molecule has 0 aliphatic carbocycles. The van der Waals surface area contributed by atoms with Gasteiger partial charge >= 0.3 is 0 Å². The molecular formula is C14H10N2O2S. The molecule has 5 heteroatoms. The van der Waals surface area contributed by atoms with Crippen LogP contribution in [0.4, 0.5) is 5.00 Å². The molecule has 1 amide bonds. The summed E-state index contributed by atoms with van der Waals surface area (Å²) >= 11 is 1.34. The summed E-state index contributed by atoms with van der Waals surface area (Å²) < 4.78 is 5.40. The molecule has 1 N–H and O–H groups in total. The summed E-state index contributed by atoms with van der Waals surface area (Å²) in [5.74, 6) is 0.652. The fourth-order valence-electron chi connectivity index (χ4n) is 2.00. The summed E-state index contributed by atoms with van der Waals surface area (Å²) in [6.07, 6.45) is 0.832. The number of hydrogen-bond acceptors (Lipinski definition) is 4. The van der Waals surface area contributed by atoms with Crippen LogP contribution in [0.2, 0.25) is 0 Å². The Balaban J connectivity index is 1.83. The van der Waals surface area contributed by atoms with E-state index >= 15 is 0 Å². The summed E-state index contributed by atoms with van der Waals surface area (Å²) in [6, 6.07) is 9.14. The van der Waals surface area contributed by atoms with Gasteiger partial charge in [0.25, 0.3) is 5.91 Å². The third kappa shape index (κ3) is 2.18. The zero-order valence-corrected chi connectivity index (χ0v) is 10.8. The number of nitriles is 1. The van der Waals surface area contributed by atoms with E-state index in [0.717, 1.165) is 17.7 Å². The number of benzene rings is 1. The SMILES string of the molecule is N#Cc1ccsc1NC(=O)c1ccc2c(c1)CCO2. The summed E-state index contributed by atoms with van der Waals surface area (Å²) in [5.41, 5.74) is 2.13. The number of thiophene rings is 1. The molecule has 0 fully saturated rings. The van der Waals surface area contributed by atoms with Crippen molar-refractivity contribution in [1.29, 1.82) is 5.26 Å². The van der Waals surface area contributed by atoms with Crippen molar-refractivity contribution in [2.75, 3.05) is 11.9 Å². The Hall–Kier alpha value is -2.32. The zero-order chi connectivity index (χ0) is 13.2. The van der Waals surface area contributed by atoms with Crippen molar-refractivity contribution < 1.29 is 9.53 Å². The first-order valence-electron chi connectivity index (χ1n) is 5.82. The molecule has 2 heterocycles. The molecule has 0 saturated heterocycles. The van der Waals surface area contributed by atoms with Gasteiger partial charge in [-0.15, -0.1) is 11.3 Å². The van der Waals surface area contributed by atoms with Crippen molar-refractivity contribution in [3.63, 3.8) is 0 Å². The van der Waals surface area contributed by atoms with Gasteiger partial charge in [-0.1, -0.05) is 0 Å². The fourth-order valence-corrected chi connectivity index (χ4v) is 2.73. The molecule has 0 unspecified atom stereocenters. The second-order valence-electron chi connectivity index (χ2n) is 4.15. The van der Waals surface area contributed by atoms with Crippen LogP contribution in [-0.4, -0.2) is 12.5 Å². The molecule has 0 radical (unpaired) electrons. The molecule has 94 valence electrons. The molecule has 1 aromatic carbocycles. The molecular weight excluding hydrogens is 260 g/mol. The second-order valence-corrected chi connectivity index (χ2v) is 5.07. The Kier molecular flexibility index (Phi) is 2.94. The molecule has 0 spiro atoms. The van der Waals surface area contributed by atoms with Crippen LogP contribution >= 0.6 is 11.3 Å². The molecule has 0 saturated carbocycles. The average Bonchev–Trinajstić information content (AvgIpc) is 3.05. The summed E-state index contributed by atoms with van der Waals surface area (Å²) in [5, 5.41) is 14.0. The summed E-state index contributed by atoms with van der Waals surface area (Å²) in [7, 11) is 0. The van der Waals surface area contributed by atoms with Crippen LogP contribution < -0.4 is 10.1 Å². The van der Waals surface area contributed by atoms with Gasteiger partial charge in [-0.25, -0.2) is 0 Å². The van der Waals surface area contributed by atoms with E-state index in [-0.39, 0.29) is 5.91 Å². The normalized spacial score (nSPS) is 12.4. The minimum atomic E-state index is -0.200. The number of nitrogens with one attached hydrogen (secondary N) is 1. The van der Waals surface area contributed by atoms with Gasteiger partial charge in [0, 0.05) is 12.0 Å². The highest BCUT2D eigenvalue weighted by atomic mass is 32.1. The quantitative estimate of drug-likeness (QED) is 0.912. The van der Waals surface area contributed by atoms with Crippen LogP contribution in [0.25, 0.3) is 0 Å². The Labute approximate surface area is 114 Å². The smallest absolute Gasteiger partial charge is 0.256 e. The zero-order valence-electron chi connectivity index (χ0n) is 9.97. The number of carbonyl (C=O) groups is 1. The number of anilines is 1. The Morgan fingerprint density at radius 3 is 3.16 bits per heavy atom. The third-order valence-corrected chi connectivity index (χ3v) is 3.79. The van der Waals surface area contributed by atoms with Crippen molar-refractivity contribution in [2.24, 2.45) is 0 Å². The molecule has 3 rings (SSSR count). The van der Waals surface area contributed by atoms with Crippen LogP contribution in [0.1, 0.15) is 21.5 Å². The number of nitrogens with zero attached hydrogens (tertiary/aromatic N) is 1. The highest BCUT2D eigenvalue weighted by Gasteiger charge is 2.16. The minimum Gasteiger partial charge on any atom is -0.493 e. The maximum atomic E-state index is 12.1. The van der Waals surface area contributed by atoms with Gasteiger partial charge in [0.1, 0.15) is 16.8 Å². The molecule has 0 bridgehead atoms. The lowest BCUT2D eigenvalue weighted by molar-refractivity contribution is 0.102.